The van der Waals surface area contributed by atoms with Crippen LogP contribution in [0.2, 0.25) is 0 Å². The molecule has 2 saturated heterocycles. The van der Waals surface area contributed by atoms with E-state index in [2.05, 4.69) is 25.7 Å². The quantitative estimate of drug-likeness (QED) is 0.590. The van der Waals surface area contributed by atoms with Crippen molar-refractivity contribution < 1.29 is 4.74 Å². The van der Waals surface area contributed by atoms with Crippen LogP contribution in [0.25, 0.3) is 0 Å². The molecule has 12 heavy (non-hydrogen) atoms. The maximum atomic E-state index is 5.80. The molecule has 2 nitrogen and oxygen atoms in total. The van der Waals surface area contributed by atoms with Crippen molar-refractivity contribution in [2.24, 2.45) is 5.92 Å². The number of fused-ring (bicyclic) bond motifs is 2. The summed E-state index contributed by atoms with van der Waals surface area (Å²) in [6, 6.07) is 0.675. The van der Waals surface area contributed by atoms with Crippen LogP contribution in [-0.4, -0.2) is 36.2 Å². The highest BCUT2D eigenvalue weighted by atomic mass is 16.5. The summed E-state index contributed by atoms with van der Waals surface area (Å²) in [4.78, 5) is 2.54. The van der Waals surface area contributed by atoms with Crippen LogP contribution in [0.5, 0.6) is 0 Å². The van der Waals surface area contributed by atoms with Crippen molar-refractivity contribution in [1.29, 1.82) is 0 Å². The summed E-state index contributed by atoms with van der Waals surface area (Å²) in [6.07, 6.45) is 1.27. The van der Waals surface area contributed by atoms with Gasteiger partial charge in [-0.05, 0) is 33.1 Å². The van der Waals surface area contributed by atoms with Crippen molar-refractivity contribution >= 4 is 0 Å². The number of hydrogen-bond donors (Lipinski definition) is 0. The Hall–Kier alpha value is -0.0800. The highest BCUT2D eigenvalue weighted by Crippen LogP contribution is 2.36. The van der Waals surface area contributed by atoms with Crippen LogP contribution < -0.4 is 0 Å². The maximum Gasteiger partial charge on any atom is 0.0785 e. The van der Waals surface area contributed by atoms with Crippen molar-refractivity contribution in [2.45, 2.75) is 38.8 Å². The van der Waals surface area contributed by atoms with Crippen LogP contribution >= 0.6 is 0 Å². The number of nitrogens with zero attached hydrogens (tertiary/aromatic N) is 1. The normalized spacial score (nSPS) is 42.5. The second-order valence-electron chi connectivity index (χ2n) is 4.85. The molecule has 2 heterocycles. The minimum Gasteiger partial charge on any atom is -0.374 e. The Morgan fingerprint density at radius 3 is 2.83 bits per heavy atom. The molecule has 2 bridgehead atoms. The van der Waals surface area contributed by atoms with Gasteiger partial charge in [-0.2, -0.15) is 0 Å². The minimum atomic E-state index is 0.174. The van der Waals surface area contributed by atoms with Crippen molar-refractivity contribution in [1.82, 2.24) is 4.90 Å². The van der Waals surface area contributed by atoms with Gasteiger partial charge in [0.1, 0.15) is 0 Å². The number of piperidine rings is 1. The average Bonchev–Trinajstić information content (AvgIpc) is 2.25. The van der Waals surface area contributed by atoms with E-state index in [4.69, 9.17) is 4.74 Å². The van der Waals surface area contributed by atoms with Crippen LogP contribution in [0.15, 0.2) is 0 Å². The van der Waals surface area contributed by atoms with Gasteiger partial charge < -0.3 is 4.74 Å². The van der Waals surface area contributed by atoms with Crippen molar-refractivity contribution in [3.63, 3.8) is 0 Å². The predicted molar refractivity (Wildman–Crippen MR) is 49.2 cm³/mol. The molecule has 0 aromatic carbocycles. The smallest absolute Gasteiger partial charge is 0.0785 e. The van der Waals surface area contributed by atoms with E-state index in [1.165, 1.54) is 13.0 Å². The first-order valence-corrected chi connectivity index (χ1v) is 4.97. The SMILES string of the molecule is CC(C)N1C[C@@H]2CO[C@@](C)(C2)C1. The summed E-state index contributed by atoms with van der Waals surface area (Å²) in [6.45, 7) is 10.2. The maximum absolute atomic E-state index is 5.80. The van der Waals surface area contributed by atoms with Crippen molar-refractivity contribution in [3.8, 4) is 0 Å². The molecular weight excluding hydrogens is 150 g/mol. The van der Waals surface area contributed by atoms with E-state index in [0.29, 0.717) is 6.04 Å². The first-order valence-electron chi connectivity index (χ1n) is 4.97. The molecular formula is C10H19NO. The van der Waals surface area contributed by atoms with Gasteiger partial charge in [-0.15, -0.1) is 0 Å². The lowest BCUT2D eigenvalue weighted by molar-refractivity contribution is -0.0113. The highest BCUT2D eigenvalue weighted by molar-refractivity contribution is 4.94. The molecule has 70 valence electrons. The largest absolute Gasteiger partial charge is 0.374 e. The van der Waals surface area contributed by atoms with Crippen LogP contribution in [-0.2, 0) is 4.74 Å². The summed E-state index contributed by atoms with van der Waals surface area (Å²) in [5.74, 6) is 0.797. The van der Waals surface area contributed by atoms with Crippen LogP contribution in [0, 0.1) is 5.92 Å². The number of ether oxygens (including phenoxy) is 1. The van der Waals surface area contributed by atoms with Crippen LogP contribution in [0.4, 0.5) is 0 Å². The zero-order valence-corrected chi connectivity index (χ0v) is 8.34. The predicted octanol–water partition coefficient (Wildman–Crippen LogP) is 1.51. The zero-order chi connectivity index (χ0) is 8.77. The molecule has 0 amide bonds. The van der Waals surface area contributed by atoms with Gasteiger partial charge in [-0.25, -0.2) is 0 Å². The third-order valence-corrected chi connectivity index (χ3v) is 3.15. The number of hydrogen-bond acceptors (Lipinski definition) is 2. The highest BCUT2D eigenvalue weighted by Gasteiger charge is 2.43. The number of rotatable bonds is 1. The Labute approximate surface area is 74.9 Å². The molecule has 2 fully saturated rings. The van der Waals surface area contributed by atoms with Gasteiger partial charge in [-0.1, -0.05) is 0 Å². The molecule has 0 spiro atoms. The third kappa shape index (κ3) is 1.38. The van der Waals surface area contributed by atoms with E-state index in [0.717, 1.165) is 19.1 Å². The fraction of sp³-hybridized carbons (Fsp3) is 1.00. The molecule has 0 radical (unpaired) electrons. The lowest BCUT2D eigenvalue weighted by Crippen LogP contribution is -2.48. The van der Waals surface area contributed by atoms with Gasteiger partial charge in [0.05, 0.1) is 12.2 Å². The Morgan fingerprint density at radius 1 is 1.50 bits per heavy atom. The average molecular weight is 169 g/mol. The van der Waals surface area contributed by atoms with Crippen molar-refractivity contribution in [2.75, 3.05) is 19.7 Å². The second-order valence-corrected chi connectivity index (χ2v) is 4.85. The van der Waals surface area contributed by atoms with Gasteiger partial charge in [-0.3, -0.25) is 4.90 Å². The Kier molecular flexibility index (Phi) is 1.92. The molecule has 0 aromatic rings. The van der Waals surface area contributed by atoms with Crippen LogP contribution in [0.3, 0.4) is 0 Å². The summed E-state index contributed by atoms with van der Waals surface area (Å²) in [5.41, 5.74) is 0.174. The van der Waals surface area contributed by atoms with E-state index in [-0.39, 0.29) is 5.60 Å². The first-order chi connectivity index (χ1) is 5.59. The molecule has 2 aliphatic rings. The van der Waals surface area contributed by atoms with Gasteiger partial charge in [0.25, 0.3) is 0 Å². The summed E-state index contributed by atoms with van der Waals surface area (Å²) >= 11 is 0. The Morgan fingerprint density at radius 2 is 2.25 bits per heavy atom. The van der Waals surface area contributed by atoms with Gasteiger partial charge in [0.15, 0.2) is 0 Å². The van der Waals surface area contributed by atoms with Crippen molar-refractivity contribution in [3.05, 3.63) is 0 Å². The lowest BCUT2D eigenvalue weighted by Gasteiger charge is -2.38. The summed E-state index contributed by atoms with van der Waals surface area (Å²) < 4.78 is 5.80. The molecule has 2 rings (SSSR count). The van der Waals surface area contributed by atoms with E-state index in [9.17, 15) is 0 Å². The molecule has 0 aliphatic carbocycles. The molecule has 2 aliphatic heterocycles. The van der Waals surface area contributed by atoms with E-state index in [1.807, 2.05) is 0 Å². The van der Waals surface area contributed by atoms with E-state index >= 15 is 0 Å². The topological polar surface area (TPSA) is 12.5 Å². The van der Waals surface area contributed by atoms with E-state index < -0.39 is 0 Å². The molecule has 0 unspecified atom stereocenters. The Bertz CT molecular complexity index is 181. The number of likely N-dealkylation sites (tertiary alicyclic amines) is 1. The fourth-order valence-corrected chi connectivity index (χ4v) is 2.49. The van der Waals surface area contributed by atoms with Gasteiger partial charge in [0.2, 0.25) is 0 Å². The molecule has 2 atom stereocenters. The molecule has 0 saturated carbocycles. The third-order valence-electron chi connectivity index (χ3n) is 3.15. The van der Waals surface area contributed by atoms with Gasteiger partial charge in [0, 0.05) is 19.1 Å². The fourth-order valence-electron chi connectivity index (χ4n) is 2.49. The first kappa shape index (κ1) is 8.52. The van der Waals surface area contributed by atoms with Crippen LogP contribution in [0.1, 0.15) is 27.2 Å². The molecule has 2 heteroatoms. The Balaban J connectivity index is 2.06. The van der Waals surface area contributed by atoms with E-state index in [1.54, 1.807) is 0 Å². The summed E-state index contributed by atoms with van der Waals surface area (Å²) in [5, 5.41) is 0. The summed E-state index contributed by atoms with van der Waals surface area (Å²) in [7, 11) is 0. The molecule has 0 aromatic heterocycles. The standard InChI is InChI=1S/C10H19NO/c1-8(2)11-5-9-4-10(3,7-11)12-6-9/h8-9H,4-7H2,1-3H3/t9-,10+/m1/s1. The lowest BCUT2D eigenvalue weighted by atomic mass is 9.90. The van der Waals surface area contributed by atoms with Gasteiger partial charge >= 0.3 is 0 Å². The zero-order valence-electron chi connectivity index (χ0n) is 8.34. The monoisotopic (exact) mass is 169 g/mol. The molecule has 0 N–H and O–H groups in total. The minimum absolute atomic E-state index is 0.174. The second kappa shape index (κ2) is 2.71.